The largest absolute Gasteiger partial charge is 0.300 e. The number of hydrogen-bond donors (Lipinski definition) is 0. The van der Waals surface area contributed by atoms with E-state index in [0.717, 1.165) is 13.1 Å². The normalized spacial score (nSPS) is 13.1. The van der Waals surface area contributed by atoms with Gasteiger partial charge in [-0.05, 0) is 26.3 Å². The molecule has 0 N–H and O–H groups in total. The van der Waals surface area contributed by atoms with Crippen molar-refractivity contribution in [2.24, 2.45) is 5.92 Å². The molecular formula is C15H23NO. The molecule has 0 saturated heterocycles. The molecule has 1 unspecified atom stereocenters. The molecule has 0 aliphatic carbocycles. The number of ketones is 1. The lowest BCUT2D eigenvalue weighted by Crippen LogP contribution is -2.36. The number of benzene rings is 1. The smallest absolute Gasteiger partial charge is 0.133 e. The molecule has 0 amide bonds. The highest BCUT2D eigenvalue weighted by atomic mass is 16.1. The van der Waals surface area contributed by atoms with Crippen molar-refractivity contribution < 1.29 is 4.79 Å². The van der Waals surface area contributed by atoms with Crippen molar-refractivity contribution in [3.05, 3.63) is 35.9 Å². The maximum absolute atomic E-state index is 11.3. The monoisotopic (exact) mass is 233 g/mol. The van der Waals surface area contributed by atoms with Gasteiger partial charge in [-0.3, -0.25) is 9.69 Å². The molecule has 0 spiro atoms. The molecule has 0 heterocycles. The van der Waals surface area contributed by atoms with Crippen LogP contribution in [0.5, 0.6) is 0 Å². The van der Waals surface area contributed by atoms with Crippen molar-refractivity contribution in [3.8, 4) is 0 Å². The highest BCUT2D eigenvalue weighted by Crippen LogP contribution is 2.11. The average Bonchev–Trinajstić information content (AvgIpc) is 2.29. The molecule has 0 aromatic heterocycles. The lowest BCUT2D eigenvalue weighted by Gasteiger charge is -2.28. The van der Waals surface area contributed by atoms with Gasteiger partial charge in [-0.2, -0.15) is 0 Å². The second-order valence-electron chi connectivity index (χ2n) is 5.02. The van der Waals surface area contributed by atoms with E-state index in [4.69, 9.17) is 0 Å². The molecule has 1 aromatic carbocycles. The van der Waals surface area contributed by atoms with Gasteiger partial charge in [0, 0.05) is 25.0 Å². The van der Waals surface area contributed by atoms with Crippen molar-refractivity contribution in [2.75, 3.05) is 6.54 Å². The van der Waals surface area contributed by atoms with Gasteiger partial charge in [0.1, 0.15) is 5.78 Å². The SMILES string of the molecule is CC(=O)C(C)CN(Cc1ccccc1)C(C)C. The number of Topliss-reactive ketones (excluding diaryl/α,β-unsaturated/α-hetero) is 1. The zero-order valence-corrected chi connectivity index (χ0v) is 11.3. The van der Waals surface area contributed by atoms with Crippen LogP contribution in [0.2, 0.25) is 0 Å². The summed E-state index contributed by atoms with van der Waals surface area (Å²) in [6.45, 7) is 9.78. The third-order valence-electron chi connectivity index (χ3n) is 3.16. The first-order valence-corrected chi connectivity index (χ1v) is 6.29. The highest BCUT2D eigenvalue weighted by Gasteiger charge is 2.16. The van der Waals surface area contributed by atoms with E-state index >= 15 is 0 Å². The van der Waals surface area contributed by atoms with Crippen LogP contribution in [0, 0.1) is 5.92 Å². The Morgan fingerprint density at radius 1 is 1.18 bits per heavy atom. The fraction of sp³-hybridized carbons (Fsp3) is 0.533. The average molecular weight is 233 g/mol. The molecular weight excluding hydrogens is 210 g/mol. The number of rotatable bonds is 6. The predicted molar refractivity (Wildman–Crippen MR) is 71.8 cm³/mol. The number of carbonyl (C=O) groups excluding carboxylic acids is 1. The topological polar surface area (TPSA) is 20.3 Å². The van der Waals surface area contributed by atoms with E-state index in [1.165, 1.54) is 5.56 Å². The summed E-state index contributed by atoms with van der Waals surface area (Å²) in [5, 5.41) is 0. The summed E-state index contributed by atoms with van der Waals surface area (Å²) in [5.41, 5.74) is 1.30. The molecule has 2 heteroatoms. The first-order chi connectivity index (χ1) is 8.00. The number of hydrogen-bond acceptors (Lipinski definition) is 2. The molecule has 94 valence electrons. The van der Waals surface area contributed by atoms with Gasteiger partial charge in [0.15, 0.2) is 0 Å². The van der Waals surface area contributed by atoms with Gasteiger partial charge in [-0.1, -0.05) is 37.3 Å². The van der Waals surface area contributed by atoms with E-state index in [1.54, 1.807) is 6.92 Å². The van der Waals surface area contributed by atoms with Gasteiger partial charge in [0.05, 0.1) is 0 Å². The predicted octanol–water partition coefficient (Wildman–Crippen LogP) is 3.12. The first-order valence-electron chi connectivity index (χ1n) is 6.29. The summed E-state index contributed by atoms with van der Waals surface area (Å²) in [6.07, 6.45) is 0. The van der Waals surface area contributed by atoms with Crippen LogP contribution in [0.1, 0.15) is 33.3 Å². The van der Waals surface area contributed by atoms with Crippen LogP contribution in [-0.2, 0) is 11.3 Å². The van der Waals surface area contributed by atoms with Crippen LogP contribution in [0.3, 0.4) is 0 Å². The van der Waals surface area contributed by atoms with Crippen LogP contribution in [0.4, 0.5) is 0 Å². The number of nitrogens with zero attached hydrogens (tertiary/aromatic N) is 1. The Bertz CT molecular complexity index is 345. The number of carbonyl (C=O) groups is 1. The lowest BCUT2D eigenvalue weighted by atomic mass is 10.1. The molecule has 0 bridgehead atoms. The molecule has 1 rings (SSSR count). The Morgan fingerprint density at radius 3 is 2.24 bits per heavy atom. The third-order valence-corrected chi connectivity index (χ3v) is 3.16. The second-order valence-corrected chi connectivity index (χ2v) is 5.02. The van der Waals surface area contributed by atoms with Gasteiger partial charge >= 0.3 is 0 Å². The van der Waals surface area contributed by atoms with E-state index in [0.29, 0.717) is 6.04 Å². The Balaban J connectivity index is 2.64. The zero-order chi connectivity index (χ0) is 12.8. The fourth-order valence-electron chi connectivity index (χ4n) is 1.76. The maximum atomic E-state index is 11.3. The first kappa shape index (κ1) is 13.9. The standard InChI is InChI=1S/C15H23NO/c1-12(2)16(10-13(3)14(4)17)11-15-8-6-5-7-9-15/h5-9,12-13H,10-11H2,1-4H3. The van der Waals surface area contributed by atoms with E-state index in [9.17, 15) is 4.79 Å². The molecule has 1 aromatic rings. The van der Waals surface area contributed by atoms with Crippen LogP contribution < -0.4 is 0 Å². The molecule has 0 saturated carbocycles. The molecule has 0 radical (unpaired) electrons. The summed E-state index contributed by atoms with van der Waals surface area (Å²) in [5.74, 6) is 0.379. The Kier molecular flexibility index (Phi) is 5.36. The molecule has 17 heavy (non-hydrogen) atoms. The Hall–Kier alpha value is -1.15. The minimum absolute atomic E-state index is 0.112. The second kappa shape index (κ2) is 6.55. The van der Waals surface area contributed by atoms with Crippen molar-refractivity contribution >= 4 is 5.78 Å². The summed E-state index contributed by atoms with van der Waals surface area (Å²) in [4.78, 5) is 13.7. The van der Waals surface area contributed by atoms with E-state index in [1.807, 2.05) is 13.0 Å². The van der Waals surface area contributed by atoms with Crippen LogP contribution in [0.25, 0.3) is 0 Å². The van der Waals surface area contributed by atoms with Crippen molar-refractivity contribution in [1.29, 1.82) is 0 Å². The highest BCUT2D eigenvalue weighted by molar-refractivity contribution is 5.78. The van der Waals surface area contributed by atoms with Gasteiger partial charge in [0.25, 0.3) is 0 Å². The summed E-state index contributed by atoms with van der Waals surface area (Å²) in [6, 6.07) is 10.9. The fourth-order valence-corrected chi connectivity index (χ4v) is 1.76. The quantitative estimate of drug-likeness (QED) is 0.752. The van der Waals surface area contributed by atoms with E-state index in [2.05, 4.69) is 43.0 Å². The Labute approximate surface area is 105 Å². The van der Waals surface area contributed by atoms with Crippen LogP contribution in [-0.4, -0.2) is 23.3 Å². The van der Waals surface area contributed by atoms with Gasteiger partial charge in [-0.15, -0.1) is 0 Å². The summed E-state index contributed by atoms with van der Waals surface area (Å²) in [7, 11) is 0. The molecule has 1 atom stereocenters. The minimum Gasteiger partial charge on any atom is -0.300 e. The lowest BCUT2D eigenvalue weighted by molar-refractivity contribution is -0.121. The van der Waals surface area contributed by atoms with Gasteiger partial charge in [-0.25, -0.2) is 0 Å². The van der Waals surface area contributed by atoms with Crippen LogP contribution >= 0.6 is 0 Å². The molecule has 0 aliphatic rings. The summed E-state index contributed by atoms with van der Waals surface area (Å²) >= 11 is 0. The van der Waals surface area contributed by atoms with Crippen molar-refractivity contribution in [2.45, 2.75) is 40.3 Å². The minimum atomic E-state index is 0.112. The molecule has 0 aliphatic heterocycles. The van der Waals surface area contributed by atoms with E-state index < -0.39 is 0 Å². The maximum Gasteiger partial charge on any atom is 0.133 e. The van der Waals surface area contributed by atoms with Crippen molar-refractivity contribution in [3.63, 3.8) is 0 Å². The van der Waals surface area contributed by atoms with Gasteiger partial charge < -0.3 is 0 Å². The van der Waals surface area contributed by atoms with E-state index in [-0.39, 0.29) is 11.7 Å². The summed E-state index contributed by atoms with van der Waals surface area (Å²) < 4.78 is 0. The van der Waals surface area contributed by atoms with Crippen molar-refractivity contribution in [1.82, 2.24) is 4.90 Å². The molecule has 0 fully saturated rings. The Morgan fingerprint density at radius 2 is 1.76 bits per heavy atom. The van der Waals surface area contributed by atoms with Crippen LogP contribution in [0.15, 0.2) is 30.3 Å². The third kappa shape index (κ3) is 4.70. The molecule has 2 nitrogen and oxygen atoms in total. The zero-order valence-electron chi connectivity index (χ0n) is 11.3. The van der Waals surface area contributed by atoms with Gasteiger partial charge in [0.2, 0.25) is 0 Å².